The Morgan fingerprint density at radius 3 is 2.70 bits per heavy atom. The van der Waals surface area contributed by atoms with Crippen molar-refractivity contribution in [2.24, 2.45) is 5.92 Å². The predicted octanol–water partition coefficient (Wildman–Crippen LogP) is 0.750. The molecule has 0 saturated heterocycles. The van der Waals surface area contributed by atoms with E-state index in [0.29, 0.717) is 5.92 Å². The minimum atomic E-state index is -3.52. The number of benzene rings is 1. The number of nitrogen functional groups attached to an aromatic ring is 1. The van der Waals surface area contributed by atoms with Crippen LogP contribution < -0.4 is 15.8 Å². The maximum absolute atomic E-state index is 11.7. The van der Waals surface area contributed by atoms with Gasteiger partial charge >= 0.3 is 0 Å². The average molecular weight is 299 g/mol. The first-order chi connectivity index (χ1) is 9.42. The molecule has 0 aromatic heterocycles. The van der Waals surface area contributed by atoms with Crippen LogP contribution in [0.1, 0.15) is 19.3 Å². The number of hydrogen-bond acceptors (Lipinski definition) is 5. The highest BCUT2D eigenvalue weighted by Crippen LogP contribution is 2.27. The Balaban J connectivity index is 2.02. The lowest BCUT2D eigenvalue weighted by Gasteiger charge is -2.13. The molecular formula is C13H21N3O3S. The average Bonchev–Trinajstić information content (AvgIpc) is 2.82. The quantitative estimate of drug-likeness (QED) is 0.601. The van der Waals surface area contributed by atoms with Crippen molar-refractivity contribution >= 4 is 21.4 Å². The third-order valence-corrected chi connectivity index (χ3v) is 5.16. The monoisotopic (exact) mass is 299 g/mol. The van der Waals surface area contributed by atoms with Crippen LogP contribution in [-0.4, -0.2) is 33.2 Å². The van der Waals surface area contributed by atoms with E-state index < -0.39 is 10.0 Å². The largest absolute Gasteiger partial charge is 0.398 e. The minimum absolute atomic E-state index is 0.0850. The van der Waals surface area contributed by atoms with Gasteiger partial charge in [0.25, 0.3) is 0 Å². The van der Waals surface area contributed by atoms with Gasteiger partial charge in [0, 0.05) is 12.2 Å². The SMILES string of the molecule is CNS(=O)(=O)c1ccc(NCC2CCC(O)C2)cc1N. The molecule has 0 heterocycles. The van der Waals surface area contributed by atoms with Crippen molar-refractivity contribution in [2.45, 2.75) is 30.3 Å². The zero-order valence-corrected chi connectivity index (χ0v) is 12.3. The molecule has 1 saturated carbocycles. The Kier molecular flexibility index (Phi) is 4.52. The molecule has 0 radical (unpaired) electrons. The van der Waals surface area contributed by atoms with Gasteiger partial charge in [0.2, 0.25) is 10.0 Å². The van der Waals surface area contributed by atoms with Gasteiger partial charge in [-0.2, -0.15) is 0 Å². The first-order valence-electron chi connectivity index (χ1n) is 6.67. The highest BCUT2D eigenvalue weighted by atomic mass is 32.2. The zero-order chi connectivity index (χ0) is 14.8. The van der Waals surface area contributed by atoms with Gasteiger partial charge in [0.1, 0.15) is 4.90 Å². The number of hydrogen-bond donors (Lipinski definition) is 4. The summed E-state index contributed by atoms with van der Waals surface area (Å²) in [7, 11) is -2.17. The number of nitrogens with two attached hydrogens (primary N) is 1. The second kappa shape index (κ2) is 5.99. The minimum Gasteiger partial charge on any atom is -0.398 e. The molecule has 1 aliphatic carbocycles. The van der Waals surface area contributed by atoms with Crippen molar-refractivity contribution in [2.75, 3.05) is 24.6 Å². The van der Waals surface area contributed by atoms with Crippen molar-refractivity contribution < 1.29 is 13.5 Å². The van der Waals surface area contributed by atoms with Gasteiger partial charge in [0.05, 0.1) is 11.8 Å². The molecule has 2 unspecified atom stereocenters. The van der Waals surface area contributed by atoms with Crippen LogP contribution >= 0.6 is 0 Å². The van der Waals surface area contributed by atoms with E-state index >= 15 is 0 Å². The number of anilines is 2. The van der Waals surface area contributed by atoms with E-state index in [0.717, 1.165) is 31.5 Å². The van der Waals surface area contributed by atoms with E-state index in [-0.39, 0.29) is 16.7 Å². The van der Waals surface area contributed by atoms with E-state index in [1.165, 1.54) is 13.1 Å². The molecule has 1 fully saturated rings. The maximum atomic E-state index is 11.7. The molecule has 5 N–H and O–H groups in total. The van der Waals surface area contributed by atoms with E-state index in [2.05, 4.69) is 10.0 Å². The third kappa shape index (κ3) is 3.41. The molecule has 1 aromatic rings. The fourth-order valence-corrected chi connectivity index (χ4v) is 3.35. The number of rotatable bonds is 5. The number of nitrogens with one attached hydrogen (secondary N) is 2. The first-order valence-corrected chi connectivity index (χ1v) is 8.15. The molecule has 0 spiro atoms. The van der Waals surface area contributed by atoms with E-state index in [9.17, 15) is 13.5 Å². The number of aliphatic hydroxyl groups is 1. The van der Waals surface area contributed by atoms with E-state index in [1.54, 1.807) is 12.1 Å². The molecule has 7 heteroatoms. The Labute approximate surface area is 119 Å². The molecule has 112 valence electrons. The summed E-state index contributed by atoms with van der Waals surface area (Å²) < 4.78 is 25.6. The highest BCUT2D eigenvalue weighted by Gasteiger charge is 2.22. The van der Waals surface area contributed by atoms with Crippen LogP contribution in [0.4, 0.5) is 11.4 Å². The van der Waals surface area contributed by atoms with Crippen LogP contribution in [0.25, 0.3) is 0 Å². The maximum Gasteiger partial charge on any atom is 0.242 e. The highest BCUT2D eigenvalue weighted by molar-refractivity contribution is 7.89. The number of sulfonamides is 1. The standard InChI is InChI=1S/C13H21N3O3S/c1-15-20(18,19)13-5-3-10(7-12(13)14)16-8-9-2-4-11(17)6-9/h3,5,7,9,11,15-17H,2,4,6,8,14H2,1H3. The lowest BCUT2D eigenvalue weighted by atomic mass is 10.1. The van der Waals surface area contributed by atoms with Crippen molar-refractivity contribution in [3.05, 3.63) is 18.2 Å². The Morgan fingerprint density at radius 1 is 1.40 bits per heavy atom. The first kappa shape index (κ1) is 15.1. The summed E-state index contributed by atoms with van der Waals surface area (Å²) >= 11 is 0. The molecule has 20 heavy (non-hydrogen) atoms. The second-order valence-corrected chi connectivity index (χ2v) is 7.03. The van der Waals surface area contributed by atoms with Crippen LogP contribution in [0.5, 0.6) is 0 Å². The summed E-state index contributed by atoms with van der Waals surface area (Å²) in [5.41, 5.74) is 6.80. The lowest BCUT2D eigenvalue weighted by molar-refractivity contribution is 0.178. The summed E-state index contributed by atoms with van der Waals surface area (Å²) in [6.45, 7) is 0.759. The van der Waals surface area contributed by atoms with Crippen molar-refractivity contribution in [1.82, 2.24) is 4.72 Å². The Bertz CT molecular complexity index is 574. The van der Waals surface area contributed by atoms with Gasteiger partial charge in [-0.3, -0.25) is 0 Å². The van der Waals surface area contributed by atoms with Gasteiger partial charge in [0.15, 0.2) is 0 Å². The summed E-state index contributed by atoms with van der Waals surface area (Å²) in [4.78, 5) is 0.0850. The van der Waals surface area contributed by atoms with Crippen molar-refractivity contribution in [3.8, 4) is 0 Å². The van der Waals surface area contributed by atoms with Crippen LogP contribution in [0.15, 0.2) is 23.1 Å². The van der Waals surface area contributed by atoms with Gasteiger partial charge < -0.3 is 16.2 Å². The second-order valence-electron chi connectivity index (χ2n) is 5.17. The molecule has 0 bridgehead atoms. The topological polar surface area (TPSA) is 104 Å². The molecule has 0 amide bonds. The Morgan fingerprint density at radius 2 is 2.15 bits per heavy atom. The molecular weight excluding hydrogens is 278 g/mol. The predicted molar refractivity (Wildman–Crippen MR) is 78.9 cm³/mol. The van der Waals surface area contributed by atoms with Gasteiger partial charge in [-0.25, -0.2) is 13.1 Å². The van der Waals surface area contributed by atoms with Gasteiger partial charge in [-0.15, -0.1) is 0 Å². The Hall–Kier alpha value is -1.31. The summed E-state index contributed by atoms with van der Waals surface area (Å²) in [5.74, 6) is 0.451. The summed E-state index contributed by atoms with van der Waals surface area (Å²) in [5, 5.41) is 12.7. The van der Waals surface area contributed by atoms with Crippen LogP contribution in [0, 0.1) is 5.92 Å². The van der Waals surface area contributed by atoms with Crippen LogP contribution in [0.2, 0.25) is 0 Å². The fourth-order valence-electron chi connectivity index (χ4n) is 2.51. The molecule has 6 nitrogen and oxygen atoms in total. The van der Waals surface area contributed by atoms with Gasteiger partial charge in [-0.1, -0.05) is 0 Å². The van der Waals surface area contributed by atoms with Crippen molar-refractivity contribution in [3.63, 3.8) is 0 Å². The van der Waals surface area contributed by atoms with Gasteiger partial charge in [-0.05, 0) is 50.4 Å². The molecule has 2 rings (SSSR count). The molecule has 0 aliphatic heterocycles. The normalized spacial score (nSPS) is 22.9. The number of aliphatic hydroxyl groups excluding tert-OH is 1. The molecule has 1 aliphatic rings. The summed E-state index contributed by atoms with van der Waals surface area (Å²) in [6, 6.07) is 4.81. The van der Waals surface area contributed by atoms with Crippen LogP contribution in [0.3, 0.4) is 0 Å². The zero-order valence-electron chi connectivity index (χ0n) is 11.5. The summed E-state index contributed by atoms with van der Waals surface area (Å²) in [6.07, 6.45) is 2.49. The van der Waals surface area contributed by atoms with Crippen LogP contribution in [-0.2, 0) is 10.0 Å². The molecule has 1 aromatic carbocycles. The lowest BCUT2D eigenvalue weighted by Crippen LogP contribution is -2.20. The van der Waals surface area contributed by atoms with E-state index in [1.807, 2.05) is 0 Å². The fraction of sp³-hybridized carbons (Fsp3) is 0.538. The van der Waals surface area contributed by atoms with E-state index in [4.69, 9.17) is 5.73 Å². The smallest absolute Gasteiger partial charge is 0.242 e. The van der Waals surface area contributed by atoms with Crippen molar-refractivity contribution in [1.29, 1.82) is 0 Å². The molecule has 2 atom stereocenters. The third-order valence-electron chi connectivity index (χ3n) is 3.68.